The lowest BCUT2D eigenvalue weighted by Crippen LogP contribution is -2.02. The Balaban J connectivity index is 2.14. The number of hydrogen-bond acceptors (Lipinski definition) is 3. The molecule has 2 aromatic heterocycles. The Bertz CT molecular complexity index is 830. The molecule has 0 bridgehead atoms. The van der Waals surface area contributed by atoms with Crippen molar-refractivity contribution in [3.8, 4) is 22.5 Å². The van der Waals surface area contributed by atoms with Gasteiger partial charge in [-0.3, -0.25) is 9.97 Å². The third kappa shape index (κ3) is 2.72. The molecule has 0 atom stereocenters. The molecule has 0 spiro atoms. The first-order valence-corrected chi connectivity index (χ1v) is 6.87. The largest absolute Gasteiger partial charge is 0.478 e. The van der Waals surface area contributed by atoms with Crippen LogP contribution < -0.4 is 0 Å². The van der Waals surface area contributed by atoms with E-state index in [-0.39, 0.29) is 5.56 Å². The average Bonchev–Trinajstić information content (AvgIpc) is 2.55. The van der Waals surface area contributed by atoms with E-state index in [9.17, 15) is 9.90 Å². The number of benzene rings is 1. The Morgan fingerprint density at radius 1 is 1.00 bits per heavy atom. The van der Waals surface area contributed by atoms with Gasteiger partial charge in [0.05, 0.1) is 17.0 Å². The fourth-order valence-corrected chi connectivity index (χ4v) is 2.30. The van der Waals surface area contributed by atoms with E-state index < -0.39 is 5.97 Å². The van der Waals surface area contributed by atoms with Crippen LogP contribution in [0.25, 0.3) is 22.5 Å². The summed E-state index contributed by atoms with van der Waals surface area (Å²) >= 11 is 0. The minimum absolute atomic E-state index is 0.222. The molecule has 3 rings (SSSR count). The SMILES string of the molecule is Cc1ccnc(-c2cc(C(=O)O)c(-c3ccccc3)cn2)c1. The summed E-state index contributed by atoms with van der Waals surface area (Å²) in [5.41, 5.74) is 3.93. The van der Waals surface area contributed by atoms with E-state index in [1.54, 1.807) is 18.5 Å². The molecule has 0 fully saturated rings. The minimum atomic E-state index is -0.977. The summed E-state index contributed by atoms with van der Waals surface area (Å²) in [6.07, 6.45) is 3.29. The van der Waals surface area contributed by atoms with E-state index in [0.717, 1.165) is 11.1 Å². The van der Waals surface area contributed by atoms with Gasteiger partial charge in [-0.2, -0.15) is 0 Å². The van der Waals surface area contributed by atoms with E-state index in [4.69, 9.17) is 0 Å². The summed E-state index contributed by atoms with van der Waals surface area (Å²) in [6, 6.07) is 14.7. The van der Waals surface area contributed by atoms with Crippen LogP contribution in [-0.2, 0) is 0 Å². The van der Waals surface area contributed by atoms with Gasteiger partial charge in [-0.25, -0.2) is 4.79 Å². The van der Waals surface area contributed by atoms with Crippen LogP contribution in [-0.4, -0.2) is 21.0 Å². The first-order valence-electron chi connectivity index (χ1n) is 6.87. The number of nitrogens with zero attached hydrogens (tertiary/aromatic N) is 2. The predicted octanol–water partition coefficient (Wildman–Crippen LogP) is 3.82. The lowest BCUT2D eigenvalue weighted by Gasteiger charge is -2.08. The fraction of sp³-hybridized carbons (Fsp3) is 0.0556. The molecule has 2 heterocycles. The molecular formula is C18H14N2O2. The van der Waals surface area contributed by atoms with Gasteiger partial charge in [0, 0.05) is 18.0 Å². The second-order valence-corrected chi connectivity index (χ2v) is 5.00. The highest BCUT2D eigenvalue weighted by Crippen LogP contribution is 2.26. The van der Waals surface area contributed by atoms with Crippen LogP contribution in [0.3, 0.4) is 0 Å². The molecule has 108 valence electrons. The molecule has 0 saturated carbocycles. The molecule has 1 aromatic carbocycles. The van der Waals surface area contributed by atoms with Gasteiger partial charge in [-0.1, -0.05) is 30.3 Å². The maximum absolute atomic E-state index is 11.6. The number of hydrogen-bond donors (Lipinski definition) is 1. The second kappa shape index (κ2) is 5.77. The molecule has 0 amide bonds. The first-order chi connectivity index (χ1) is 10.6. The van der Waals surface area contributed by atoms with Crippen molar-refractivity contribution in [2.24, 2.45) is 0 Å². The molecule has 0 unspecified atom stereocenters. The van der Waals surface area contributed by atoms with Gasteiger partial charge in [0.15, 0.2) is 0 Å². The Morgan fingerprint density at radius 2 is 1.73 bits per heavy atom. The van der Waals surface area contributed by atoms with Crippen LogP contribution >= 0.6 is 0 Å². The molecule has 0 aliphatic rings. The normalized spacial score (nSPS) is 10.4. The summed E-state index contributed by atoms with van der Waals surface area (Å²) in [7, 11) is 0. The highest BCUT2D eigenvalue weighted by atomic mass is 16.4. The van der Waals surface area contributed by atoms with Crippen LogP contribution in [0.4, 0.5) is 0 Å². The number of aromatic carboxylic acids is 1. The molecule has 3 aromatic rings. The van der Waals surface area contributed by atoms with Gasteiger partial charge in [0.25, 0.3) is 0 Å². The molecule has 1 N–H and O–H groups in total. The molecule has 4 nitrogen and oxygen atoms in total. The minimum Gasteiger partial charge on any atom is -0.478 e. The van der Waals surface area contributed by atoms with E-state index in [1.807, 2.05) is 49.4 Å². The monoisotopic (exact) mass is 290 g/mol. The van der Waals surface area contributed by atoms with E-state index >= 15 is 0 Å². The van der Waals surface area contributed by atoms with Gasteiger partial charge in [0.2, 0.25) is 0 Å². The van der Waals surface area contributed by atoms with Gasteiger partial charge >= 0.3 is 5.97 Å². The number of carboxylic acid groups (broad SMARTS) is 1. The summed E-state index contributed by atoms with van der Waals surface area (Å²) in [5, 5.41) is 9.50. The van der Waals surface area contributed by atoms with E-state index in [2.05, 4.69) is 9.97 Å². The smallest absolute Gasteiger partial charge is 0.336 e. The zero-order chi connectivity index (χ0) is 15.5. The zero-order valence-corrected chi connectivity index (χ0v) is 12.0. The third-order valence-corrected chi connectivity index (χ3v) is 3.40. The van der Waals surface area contributed by atoms with Crippen molar-refractivity contribution in [1.29, 1.82) is 0 Å². The molecule has 0 aliphatic heterocycles. The standard InChI is InChI=1S/C18H14N2O2/c1-12-7-8-19-16(9-12)17-10-14(18(21)22)15(11-20-17)13-5-3-2-4-6-13/h2-11H,1H3,(H,21,22). The van der Waals surface area contributed by atoms with Crippen molar-refractivity contribution in [2.45, 2.75) is 6.92 Å². The third-order valence-electron chi connectivity index (χ3n) is 3.40. The summed E-state index contributed by atoms with van der Waals surface area (Å²) in [4.78, 5) is 20.2. The average molecular weight is 290 g/mol. The number of rotatable bonds is 3. The van der Waals surface area contributed by atoms with Gasteiger partial charge < -0.3 is 5.11 Å². The lowest BCUT2D eigenvalue weighted by atomic mass is 10.0. The Labute approximate surface area is 128 Å². The number of aryl methyl sites for hydroxylation is 1. The highest BCUT2D eigenvalue weighted by Gasteiger charge is 2.14. The molecular weight excluding hydrogens is 276 g/mol. The van der Waals surface area contributed by atoms with Crippen LogP contribution in [0.15, 0.2) is 60.9 Å². The summed E-state index contributed by atoms with van der Waals surface area (Å²) in [5.74, 6) is -0.977. The topological polar surface area (TPSA) is 63.1 Å². The second-order valence-electron chi connectivity index (χ2n) is 5.00. The molecule has 0 radical (unpaired) electrons. The highest BCUT2D eigenvalue weighted by molar-refractivity contribution is 5.96. The first kappa shape index (κ1) is 13.9. The van der Waals surface area contributed by atoms with Gasteiger partial charge in [0.1, 0.15) is 0 Å². The van der Waals surface area contributed by atoms with Crippen LogP contribution in [0.2, 0.25) is 0 Å². The molecule has 0 saturated heterocycles. The Kier molecular flexibility index (Phi) is 3.66. The molecule has 0 aliphatic carbocycles. The number of carboxylic acids is 1. The van der Waals surface area contributed by atoms with Crippen LogP contribution in [0.1, 0.15) is 15.9 Å². The molecule has 22 heavy (non-hydrogen) atoms. The number of carbonyl (C=O) groups is 1. The van der Waals surface area contributed by atoms with Crippen LogP contribution in [0.5, 0.6) is 0 Å². The van der Waals surface area contributed by atoms with E-state index in [1.165, 1.54) is 0 Å². The van der Waals surface area contributed by atoms with Crippen molar-refractivity contribution < 1.29 is 9.90 Å². The van der Waals surface area contributed by atoms with Gasteiger partial charge in [-0.05, 0) is 36.2 Å². The Morgan fingerprint density at radius 3 is 2.41 bits per heavy atom. The maximum Gasteiger partial charge on any atom is 0.336 e. The summed E-state index contributed by atoms with van der Waals surface area (Å²) in [6.45, 7) is 1.96. The van der Waals surface area contributed by atoms with Crippen molar-refractivity contribution in [3.63, 3.8) is 0 Å². The van der Waals surface area contributed by atoms with Gasteiger partial charge in [-0.15, -0.1) is 0 Å². The molecule has 4 heteroatoms. The van der Waals surface area contributed by atoms with Crippen molar-refractivity contribution in [1.82, 2.24) is 9.97 Å². The van der Waals surface area contributed by atoms with E-state index in [0.29, 0.717) is 17.0 Å². The van der Waals surface area contributed by atoms with Crippen molar-refractivity contribution >= 4 is 5.97 Å². The number of pyridine rings is 2. The van der Waals surface area contributed by atoms with Crippen molar-refractivity contribution in [2.75, 3.05) is 0 Å². The predicted molar refractivity (Wildman–Crippen MR) is 84.6 cm³/mol. The lowest BCUT2D eigenvalue weighted by molar-refractivity contribution is 0.0697. The fourth-order valence-electron chi connectivity index (χ4n) is 2.30. The Hall–Kier alpha value is -3.01. The number of aromatic nitrogens is 2. The summed E-state index contributed by atoms with van der Waals surface area (Å²) < 4.78 is 0. The maximum atomic E-state index is 11.6. The zero-order valence-electron chi connectivity index (χ0n) is 12.0. The quantitative estimate of drug-likeness (QED) is 0.796. The van der Waals surface area contributed by atoms with Crippen LogP contribution in [0, 0.1) is 6.92 Å². The van der Waals surface area contributed by atoms with Crippen molar-refractivity contribution in [3.05, 3.63) is 72.1 Å².